The molecule has 2 aliphatic rings. The Bertz CT molecular complexity index is 766. The SMILES string of the molecule is CCOc1ccc(CN2Cc3ccccc3OC3(CCC(NC)CC3)C2)cc1. The van der Waals surface area contributed by atoms with Crippen LogP contribution in [0.2, 0.25) is 0 Å². The minimum atomic E-state index is -0.0782. The largest absolute Gasteiger partial charge is 0.494 e. The lowest BCUT2D eigenvalue weighted by Crippen LogP contribution is -2.50. The summed E-state index contributed by atoms with van der Waals surface area (Å²) in [6.45, 7) is 5.56. The van der Waals surface area contributed by atoms with Gasteiger partial charge in [0.1, 0.15) is 17.1 Å². The molecule has 0 unspecified atom stereocenters. The molecular formula is C24H32N2O2. The number of hydrogen-bond acceptors (Lipinski definition) is 4. The Kier molecular flexibility index (Phi) is 5.88. The number of hydrogen-bond donors (Lipinski definition) is 1. The highest BCUT2D eigenvalue weighted by molar-refractivity contribution is 5.35. The molecule has 1 fully saturated rings. The first-order chi connectivity index (χ1) is 13.7. The highest BCUT2D eigenvalue weighted by Gasteiger charge is 2.40. The summed E-state index contributed by atoms with van der Waals surface area (Å²) in [5, 5.41) is 3.45. The van der Waals surface area contributed by atoms with Gasteiger partial charge in [0.05, 0.1) is 6.61 Å². The van der Waals surface area contributed by atoms with E-state index in [-0.39, 0.29) is 5.60 Å². The first kappa shape index (κ1) is 19.3. The van der Waals surface area contributed by atoms with Gasteiger partial charge in [-0.2, -0.15) is 0 Å². The van der Waals surface area contributed by atoms with Crippen LogP contribution in [0, 0.1) is 0 Å². The van der Waals surface area contributed by atoms with Crippen molar-refractivity contribution in [1.29, 1.82) is 0 Å². The van der Waals surface area contributed by atoms with E-state index in [1.165, 1.54) is 24.0 Å². The molecule has 4 rings (SSSR count). The predicted octanol–water partition coefficient (Wildman–Crippen LogP) is 4.38. The van der Waals surface area contributed by atoms with Gasteiger partial charge in [0, 0.05) is 31.2 Å². The van der Waals surface area contributed by atoms with Crippen molar-refractivity contribution in [2.24, 2.45) is 0 Å². The van der Waals surface area contributed by atoms with Crippen molar-refractivity contribution in [2.75, 3.05) is 20.2 Å². The van der Waals surface area contributed by atoms with Crippen LogP contribution in [0.1, 0.15) is 43.7 Å². The van der Waals surface area contributed by atoms with Crippen LogP contribution in [0.4, 0.5) is 0 Å². The number of ether oxygens (including phenoxy) is 2. The van der Waals surface area contributed by atoms with Gasteiger partial charge in [0.15, 0.2) is 0 Å². The maximum atomic E-state index is 6.71. The first-order valence-electron chi connectivity index (χ1n) is 10.6. The number of nitrogens with zero attached hydrogens (tertiary/aromatic N) is 1. The lowest BCUT2D eigenvalue weighted by Gasteiger charge is -2.41. The first-order valence-corrected chi connectivity index (χ1v) is 10.6. The molecule has 1 spiro atoms. The van der Waals surface area contributed by atoms with Gasteiger partial charge in [0.2, 0.25) is 0 Å². The van der Waals surface area contributed by atoms with Crippen molar-refractivity contribution >= 4 is 0 Å². The molecule has 4 heteroatoms. The van der Waals surface area contributed by atoms with Crippen molar-refractivity contribution < 1.29 is 9.47 Å². The fraction of sp³-hybridized carbons (Fsp3) is 0.500. The van der Waals surface area contributed by atoms with E-state index in [1.807, 2.05) is 6.92 Å². The zero-order valence-electron chi connectivity index (χ0n) is 17.1. The number of fused-ring (bicyclic) bond motifs is 1. The van der Waals surface area contributed by atoms with Gasteiger partial charge in [-0.05, 0) is 63.4 Å². The molecule has 1 aliphatic heterocycles. The van der Waals surface area contributed by atoms with Crippen LogP contribution in [-0.2, 0) is 13.1 Å². The van der Waals surface area contributed by atoms with Gasteiger partial charge in [-0.15, -0.1) is 0 Å². The van der Waals surface area contributed by atoms with Gasteiger partial charge in [-0.25, -0.2) is 0 Å². The van der Waals surface area contributed by atoms with E-state index in [4.69, 9.17) is 9.47 Å². The molecule has 0 atom stereocenters. The average Bonchev–Trinajstić information content (AvgIpc) is 2.86. The third-order valence-corrected chi connectivity index (χ3v) is 6.15. The normalized spacial score (nSPS) is 25.0. The Morgan fingerprint density at radius 3 is 2.57 bits per heavy atom. The Morgan fingerprint density at radius 1 is 1.11 bits per heavy atom. The monoisotopic (exact) mass is 380 g/mol. The maximum Gasteiger partial charge on any atom is 0.124 e. The number of nitrogens with one attached hydrogen (secondary N) is 1. The summed E-state index contributed by atoms with van der Waals surface area (Å²) in [6.07, 6.45) is 4.56. The summed E-state index contributed by atoms with van der Waals surface area (Å²) in [5.41, 5.74) is 2.54. The maximum absolute atomic E-state index is 6.71. The smallest absolute Gasteiger partial charge is 0.124 e. The molecule has 28 heavy (non-hydrogen) atoms. The fourth-order valence-corrected chi connectivity index (χ4v) is 4.62. The molecule has 2 aromatic carbocycles. The van der Waals surface area contributed by atoms with Crippen LogP contribution in [0.25, 0.3) is 0 Å². The lowest BCUT2D eigenvalue weighted by atomic mass is 9.81. The van der Waals surface area contributed by atoms with Crippen LogP contribution < -0.4 is 14.8 Å². The second kappa shape index (κ2) is 8.54. The second-order valence-corrected chi connectivity index (χ2v) is 8.18. The molecule has 1 aliphatic carbocycles. The minimum Gasteiger partial charge on any atom is -0.494 e. The van der Waals surface area contributed by atoms with Crippen LogP contribution in [0.3, 0.4) is 0 Å². The average molecular weight is 381 g/mol. The van der Waals surface area contributed by atoms with Crippen LogP contribution in [-0.4, -0.2) is 36.7 Å². The van der Waals surface area contributed by atoms with E-state index in [0.29, 0.717) is 12.6 Å². The topological polar surface area (TPSA) is 33.7 Å². The van der Waals surface area contributed by atoms with Crippen molar-refractivity contribution in [3.8, 4) is 11.5 Å². The van der Waals surface area contributed by atoms with Gasteiger partial charge in [-0.3, -0.25) is 4.90 Å². The molecule has 150 valence electrons. The van der Waals surface area contributed by atoms with Crippen LogP contribution in [0.15, 0.2) is 48.5 Å². The molecular weight excluding hydrogens is 348 g/mol. The zero-order valence-corrected chi connectivity index (χ0v) is 17.1. The van der Waals surface area contributed by atoms with E-state index in [1.54, 1.807) is 0 Å². The molecule has 2 aromatic rings. The molecule has 1 saturated carbocycles. The summed E-state index contributed by atoms with van der Waals surface area (Å²) in [7, 11) is 2.07. The molecule has 0 saturated heterocycles. The Hall–Kier alpha value is -2.04. The van der Waals surface area contributed by atoms with Crippen LogP contribution >= 0.6 is 0 Å². The fourth-order valence-electron chi connectivity index (χ4n) is 4.62. The molecule has 0 amide bonds. The highest BCUT2D eigenvalue weighted by atomic mass is 16.5. The summed E-state index contributed by atoms with van der Waals surface area (Å²) >= 11 is 0. The quantitative estimate of drug-likeness (QED) is 0.835. The van der Waals surface area contributed by atoms with Gasteiger partial charge in [-0.1, -0.05) is 30.3 Å². The van der Waals surface area contributed by atoms with E-state index >= 15 is 0 Å². The van der Waals surface area contributed by atoms with E-state index in [0.717, 1.165) is 44.0 Å². The number of rotatable bonds is 5. The van der Waals surface area contributed by atoms with E-state index in [2.05, 4.69) is 65.8 Å². The molecule has 0 aromatic heterocycles. The van der Waals surface area contributed by atoms with Gasteiger partial charge in [0.25, 0.3) is 0 Å². The third kappa shape index (κ3) is 4.34. The van der Waals surface area contributed by atoms with Gasteiger partial charge >= 0.3 is 0 Å². The molecule has 1 heterocycles. The Labute approximate surface area is 168 Å². The lowest BCUT2D eigenvalue weighted by molar-refractivity contribution is -0.00321. The van der Waals surface area contributed by atoms with Crippen molar-refractivity contribution in [3.63, 3.8) is 0 Å². The molecule has 0 bridgehead atoms. The summed E-state index contributed by atoms with van der Waals surface area (Å²) in [4.78, 5) is 2.56. The van der Waals surface area contributed by atoms with Gasteiger partial charge < -0.3 is 14.8 Å². The predicted molar refractivity (Wildman–Crippen MR) is 113 cm³/mol. The van der Waals surface area contributed by atoms with Crippen molar-refractivity contribution in [3.05, 3.63) is 59.7 Å². The summed E-state index contributed by atoms with van der Waals surface area (Å²) < 4.78 is 12.3. The Morgan fingerprint density at radius 2 is 1.86 bits per heavy atom. The standard InChI is InChI=1S/C24H32N2O2/c1-3-27-22-10-8-19(9-11-22)16-26-17-20-6-4-5-7-23(20)28-24(18-26)14-12-21(25-2)13-15-24/h4-11,21,25H,3,12-18H2,1-2H3. The zero-order chi connectivity index (χ0) is 19.4. The number of benzene rings is 2. The molecule has 0 radical (unpaired) electrons. The van der Waals surface area contributed by atoms with E-state index in [9.17, 15) is 0 Å². The van der Waals surface area contributed by atoms with Crippen LogP contribution in [0.5, 0.6) is 11.5 Å². The van der Waals surface area contributed by atoms with E-state index < -0.39 is 0 Å². The Balaban J connectivity index is 1.54. The van der Waals surface area contributed by atoms with Crippen molar-refractivity contribution in [2.45, 2.75) is 57.3 Å². The highest BCUT2D eigenvalue weighted by Crippen LogP contribution is 2.38. The number of para-hydroxylation sites is 1. The minimum absolute atomic E-state index is 0.0782. The molecule has 1 N–H and O–H groups in total. The second-order valence-electron chi connectivity index (χ2n) is 8.18. The van der Waals surface area contributed by atoms with Crippen molar-refractivity contribution in [1.82, 2.24) is 10.2 Å². The summed E-state index contributed by atoms with van der Waals surface area (Å²) in [5.74, 6) is 2.01. The summed E-state index contributed by atoms with van der Waals surface area (Å²) in [6, 6.07) is 17.7. The third-order valence-electron chi connectivity index (χ3n) is 6.15. The molecule has 4 nitrogen and oxygen atoms in total.